The van der Waals surface area contributed by atoms with E-state index in [2.05, 4.69) is 37.7 Å². The lowest BCUT2D eigenvalue weighted by molar-refractivity contribution is 0.0590. The first-order valence-corrected chi connectivity index (χ1v) is 21.2. The molecule has 278 valence electrons. The molecule has 0 aromatic rings. The summed E-state index contributed by atoms with van der Waals surface area (Å²) in [6, 6.07) is 0. The van der Waals surface area contributed by atoms with E-state index in [4.69, 9.17) is 0 Å². The summed E-state index contributed by atoms with van der Waals surface area (Å²) >= 11 is 0. The fourth-order valence-corrected chi connectivity index (χ4v) is 6.97. The molecule has 0 saturated heterocycles. The first-order chi connectivity index (χ1) is 22.5. The predicted octanol–water partition coefficient (Wildman–Crippen LogP) is 12.1. The molecule has 4 heteroatoms. The first kappa shape index (κ1) is 45.8. The Morgan fingerprint density at radius 3 is 0.870 bits per heavy atom. The number of unbranched alkanes of at least 4 members (excludes halogenated alkanes) is 27. The Morgan fingerprint density at radius 1 is 0.348 bits per heavy atom. The molecule has 2 N–H and O–H groups in total. The average molecular weight is 653 g/mol. The van der Waals surface area contributed by atoms with Gasteiger partial charge in [-0.3, -0.25) is 4.90 Å². The summed E-state index contributed by atoms with van der Waals surface area (Å²) in [5, 5.41) is 21.6. The van der Waals surface area contributed by atoms with Gasteiger partial charge in [-0.25, -0.2) is 0 Å². The second-order valence-corrected chi connectivity index (χ2v) is 15.3. The Hall–Kier alpha value is -0.160. The van der Waals surface area contributed by atoms with Crippen LogP contribution in [0.5, 0.6) is 0 Å². The summed E-state index contributed by atoms with van der Waals surface area (Å²) in [4.78, 5) is 4.57. The molecule has 4 nitrogen and oxygen atoms in total. The molecule has 0 aromatic heterocycles. The van der Waals surface area contributed by atoms with Gasteiger partial charge in [-0.1, -0.05) is 200 Å². The van der Waals surface area contributed by atoms with E-state index in [1.54, 1.807) is 0 Å². The van der Waals surface area contributed by atoms with E-state index in [9.17, 15) is 10.2 Å². The van der Waals surface area contributed by atoms with E-state index in [0.717, 1.165) is 45.2 Å². The minimum absolute atomic E-state index is 0.269. The summed E-state index contributed by atoms with van der Waals surface area (Å²) < 4.78 is 0. The van der Waals surface area contributed by atoms with Crippen LogP contribution in [0.2, 0.25) is 0 Å². The van der Waals surface area contributed by atoms with Gasteiger partial charge in [0.1, 0.15) is 0 Å². The molecule has 0 aliphatic heterocycles. The fourth-order valence-electron chi connectivity index (χ4n) is 6.97. The van der Waals surface area contributed by atoms with Gasteiger partial charge in [0.05, 0.1) is 12.2 Å². The first-order valence-electron chi connectivity index (χ1n) is 21.2. The summed E-state index contributed by atoms with van der Waals surface area (Å²) in [6.45, 7) is 8.02. The highest BCUT2D eigenvalue weighted by atomic mass is 16.3. The Labute approximate surface area is 291 Å². The van der Waals surface area contributed by atoms with Gasteiger partial charge in [0.25, 0.3) is 0 Å². The zero-order chi connectivity index (χ0) is 33.8. The van der Waals surface area contributed by atoms with Crippen LogP contribution in [0.15, 0.2) is 0 Å². The Bertz CT molecular complexity index is 558. The van der Waals surface area contributed by atoms with E-state index in [0.29, 0.717) is 13.1 Å². The van der Waals surface area contributed by atoms with Gasteiger partial charge in [0, 0.05) is 13.1 Å². The van der Waals surface area contributed by atoms with Crippen molar-refractivity contribution in [1.82, 2.24) is 9.80 Å². The van der Waals surface area contributed by atoms with Crippen LogP contribution in [0.4, 0.5) is 0 Å². The van der Waals surface area contributed by atoms with E-state index < -0.39 is 0 Å². The third-order valence-corrected chi connectivity index (χ3v) is 10.0. The largest absolute Gasteiger partial charge is 0.392 e. The van der Waals surface area contributed by atoms with Crippen LogP contribution in [-0.2, 0) is 0 Å². The van der Waals surface area contributed by atoms with Crippen LogP contribution in [-0.4, -0.2) is 72.5 Å². The van der Waals surface area contributed by atoms with Crippen LogP contribution in [0.3, 0.4) is 0 Å². The van der Waals surface area contributed by atoms with E-state index in [1.165, 1.54) is 173 Å². The van der Waals surface area contributed by atoms with Gasteiger partial charge >= 0.3 is 0 Å². The Kier molecular flexibility index (Phi) is 37.5. The fraction of sp³-hybridized carbons (Fsp3) is 1.00. The number of hydrogen-bond acceptors (Lipinski definition) is 4. The number of hydrogen-bond donors (Lipinski definition) is 2. The maximum atomic E-state index is 10.8. The highest BCUT2D eigenvalue weighted by Crippen LogP contribution is 2.16. The van der Waals surface area contributed by atoms with Crippen molar-refractivity contribution in [3.63, 3.8) is 0 Å². The summed E-state index contributed by atoms with van der Waals surface area (Å²) in [6.07, 6.45) is 42.2. The summed E-state index contributed by atoms with van der Waals surface area (Å²) in [5.74, 6) is 0. The third kappa shape index (κ3) is 36.7. The van der Waals surface area contributed by atoms with Gasteiger partial charge < -0.3 is 15.1 Å². The number of aliphatic hydroxyl groups is 2. The van der Waals surface area contributed by atoms with Gasteiger partial charge in [-0.05, 0) is 46.4 Å². The third-order valence-electron chi connectivity index (χ3n) is 10.0. The van der Waals surface area contributed by atoms with Crippen molar-refractivity contribution in [2.24, 2.45) is 0 Å². The molecule has 0 aliphatic rings. The molecular weight excluding hydrogens is 564 g/mol. The van der Waals surface area contributed by atoms with Crippen LogP contribution >= 0.6 is 0 Å². The topological polar surface area (TPSA) is 46.9 Å². The van der Waals surface area contributed by atoms with Gasteiger partial charge in [-0.2, -0.15) is 0 Å². The SMILES string of the molecule is CCCCCCCCCCCCCCCCCC(O)CN(CCCN(C)C)CC(O)CCCCCCCCCCCCCCCC. The van der Waals surface area contributed by atoms with Crippen molar-refractivity contribution in [2.45, 2.75) is 232 Å². The molecule has 2 atom stereocenters. The molecule has 0 aromatic carbocycles. The van der Waals surface area contributed by atoms with Crippen molar-refractivity contribution >= 4 is 0 Å². The molecule has 0 rings (SSSR count). The normalized spacial score (nSPS) is 13.3. The lowest BCUT2D eigenvalue weighted by Gasteiger charge is -2.28. The molecule has 0 radical (unpaired) electrons. The molecule has 46 heavy (non-hydrogen) atoms. The van der Waals surface area contributed by atoms with Crippen molar-refractivity contribution in [1.29, 1.82) is 0 Å². The number of nitrogens with zero attached hydrogens (tertiary/aromatic N) is 2. The van der Waals surface area contributed by atoms with Crippen molar-refractivity contribution in [3.05, 3.63) is 0 Å². The second-order valence-electron chi connectivity index (χ2n) is 15.3. The van der Waals surface area contributed by atoms with E-state index in [1.807, 2.05) is 0 Å². The lowest BCUT2D eigenvalue weighted by Crippen LogP contribution is -2.39. The predicted molar refractivity (Wildman–Crippen MR) is 206 cm³/mol. The molecular formula is C42H88N2O2. The standard InChI is InChI=1S/C42H88N2O2/c1-5-7-9-11-13-15-17-19-21-23-25-27-29-31-33-36-42(46)40-44(38-34-37-43(3)4)39-41(45)35-32-30-28-26-24-22-20-18-16-14-12-10-8-6-2/h41-42,45-46H,5-40H2,1-4H3. The summed E-state index contributed by atoms with van der Waals surface area (Å²) in [7, 11) is 4.25. The number of aliphatic hydroxyl groups excluding tert-OH is 2. The molecule has 2 unspecified atom stereocenters. The van der Waals surface area contributed by atoms with Crippen LogP contribution in [0, 0.1) is 0 Å². The maximum Gasteiger partial charge on any atom is 0.0667 e. The monoisotopic (exact) mass is 653 g/mol. The van der Waals surface area contributed by atoms with E-state index >= 15 is 0 Å². The zero-order valence-corrected chi connectivity index (χ0v) is 32.4. The molecule has 0 aliphatic carbocycles. The molecule has 0 saturated carbocycles. The molecule has 0 heterocycles. The minimum Gasteiger partial charge on any atom is -0.392 e. The molecule has 0 fully saturated rings. The smallest absolute Gasteiger partial charge is 0.0667 e. The average Bonchev–Trinajstić information content (AvgIpc) is 3.02. The van der Waals surface area contributed by atoms with Gasteiger partial charge in [0.2, 0.25) is 0 Å². The Morgan fingerprint density at radius 2 is 0.609 bits per heavy atom. The minimum atomic E-state index is -0.269. The van der Waals surface area contributed by atoms with Crippen LogP contribution in [0.25, 0.3) is 0 Å². The van der Waals surface area contributed by atoms with Crippen molar-refractivity contribution in [3.8, 4) is 0 Å². The molecule has 0 amide bonds. The molecule has 0 spiro atoms. The molecule has 0 bridgehead atoms. The second kappa shape index (κ2) is 37.7. The highest BCUT2D eigenvalue weighted by molar-refractivity contribution is 4.70. The van der Waals surface area contributed by atoms with Crippen LogP contribution < -0.4 is 0 Å². The zero-order valence-electron chi connectivity index (χ0n) is 32.4. The number of rotatable bonds is 39. The van der Waals surface area contributed by atoms with Gasteiger partial charge in [-0.15, -0.1) is 0 Å². The maximum absolute atomic E-state index is 10.8. The lowest BCUT2D eigenvalue weighted by atomic mass is 10.0. The van der Waals surface area contributed by atoms with Gasteiger partial charge in [0.15, 0.2) is 0 Å². The Balaban J connectivity index is 3.87. The summed E-state index contributed by atoms with van der Waals surface area (Å²) in [5.41, 5.74) is 0. The quantitative estimate of drug-likeness (QED) is 0.0649. The van der Waals surface area contributed by atoms with E-state index in [-0.39, 0.29) is 12.2 Å². The highest BCUT2D eigenvalue weighted by Gasteiger charge is 2.16. The van der Waals surface area contributed by atoms with Crippen molar-refractivity contribution in [2.75, 3.05) is 40.3 Å². The van der Waals surface area contributed by atoms with Crippen LogP contribution in [0.1, 0.15) is 219 Å². The van der Waals surface area contributed by atoms with Crippen molar-refractivity contribution < 1.29 is 10.2 Å².